The van der Waals surface area contributed by atoms with Crippen molar-refractivity contribution in [2.24, 2.45) is 0 Å². The molecule has 0 spiro atoms. The maximum Gasteiger partial charge on any atom is 0.344 e. The van der Waals surface area contributed by atoms with E-state index in [1.807, 2.05) is 19.9 Å². The van der Waals surface area contributed by atoms with Gasteiger partial charge in [0.15, 0.2) is 5.16 Å². The molecule has 6 nitrogen and oxygen atoms in total. The Labute approximate surface area is 118 Å². The summed E-state index contributed by atoms with van der Waals surface area (Å²) in [5.74, 6) is 0. The largest absolute Gasteiger partial charge is 0.344 e. The van der Waals surface area contributed by atoms with E-state index in [1.54, 1.807) is 0 Å². The monoisotopic (exact) mass is 295 g/mol. The van der Waals surface area contributed by atoms with Crippen LogP contribution < -0.4 is 5.69 Å². The summed E-state index contributed by atoms with van der Waals surface area (Å²) in [6.07, 6.45) is 1.50. The third kappa shape index (κ3) is 2.64. The second kappa shape index (κ2) is 5.47. The van der Waals surface area contributed by atoms with Crippen LogP contribution in [-0.4, -0.2) is 19.7 Å². The number of hydrogen-bond acceptors (Lipinski definition) is 5. The van der Waals surface area contributed by atoms with E-state index in [9.17, 15) is 4.79 Å². The number of nitriles is 1. The zero-order chi connectivity index (χ0) is 14.0. The zero-order valence-corrected chi connectivity index (χ0v) is 11.8. The van der Waals surface area contributed by atoms with Crippen LogP contribution in [0, 0.1) is 11.3 Å². The van der Waals surface area contributed by atoms with Crippen molar-refractivity contribution < 1.29 is 0 Å². The number of aromatic nitrogens is 4. The summed E-state index contributed by atoms with van der Waals surface area (Å²) in [4.78, 5) is 15.7. The maximum absolute atomic E-state index is 11.6. The molecule has 0 aliphatic heterocycles. The highest BCUT2D eigenvalue weighted by Gasteiger charge is 2.16. The van der Waals surface area contributed by atoms with Gasteiger partial charge >= 0.3 is 5.69 Å². The number of H-pyrrole nitrogens is 1. The molecule has 0 radical (unpaired) electrons. The molecule has 0 bridgehead atoms. The topological polar surface area (TPSA) is 87.4 Å². The molecule has 1 N–H and O–H groups in total. The van der Waals surface area contributed by atoms with Crippen molar-refractivity contribution in [3.63, 3.8) is 0 Å². The van der Waals surface area contributed by atoms with Crippen LogP contribution in [0.15, 0.2) is 27.2 Å². The Bertz CT molecular complexity index is 700. The van der Waals surface area contributed by atoms with Crippen molar-refractivity contribution in [1.82, 2.24) is 19.7 Å². The molecule has 2 aromatic heterocycles. The standard InChI is InChI=1S/C11H10ClN5OS/c1-6(2)17-10(18)15-16-11(17)19-9-8(12)7(5-13)3-4-14-9/h3-4,6H,1-2H3,(H,15,18). The second-order valence-corrected chi connectivity index (χ2v) is 5.30. The Morgan fingerprint density at radius 3 is 2.95 bits per heavy atom. The Kier molecular flexibility index (Phi) is 3.93. The molecular formula is C11H10ClN5OS. The van der Waals surface area contributed by atoms with Gasteiger partial charge in [-0.25, -0.2) is 14.9 Å². The van der Waals surface area contributed by atoms with Gasteiger partial charge in [0.1, 0.15) is 11.1 Å². The molecule has 0 aliphatic carbocycles. The maximum atomic E-state index is 11.6. The molecule has 0 atom stereocenters. The lowest BCUT2D eigenvalue weighted by Gasteiger charge is -2.08. The van der Waals surface area contributed by atoms with E-state index in [2.05, 4.69) is 15.2 Å². The fourth-order valence-corrected chi connectivity index (χ4v) is 2.73. The summed E-state index contributed by atoms with van der Waals surface area (Å²) in [7, 11) is 0. The summed E-state index contributed by atoms with van der Waals surface area (Å²) < 4.78 is 1.50. The quantitative estimate of drug-likeness (QED) is 0.938. The first-order valence-electron chi connectivity index (χ1n) is 5.44. The predicted molar refractivity (Wildman–Crippen MR) is 71.3 cm³/mol. The number of rotatable bonds is 3. The average molecular weight is 296 g/mol. The highest BCUT2D eigenvalue weighted by Crippen LogP contribution is 2.32. The van der Waals surface area contributed by atoms with Crippen LogP contribution >= 0.6 is 23.4 Å². The molecule has 0 aliphatic rings. The molecule has 2 rings (SSSR count). The van der Waals surface area contributed by atoms with Crippen molar-refractivity contribution in [2.45, 2.75) is 30.1 Å². The Balaban J connectivity index is 2.43. The fourth-order valence-electron chi connectivity index (χ4n) is 1.49. The minimum absolute atomic E-state index is 0.0355. The van der Waals surface area contributed by atoms with Gasteiger partial charge in [0, 0.05) is 12.2 Å². The Hall–Kier alpha value is -1.78. The van der Waals surface area contributed by atoms with Crippen LogP contribution in [0.2, 0.25) is 5.02 Å². The highest BCUT2D eigenvalue weighted by molar-refractivity contribution is 7.99. The number of aromatic amines is 1. The average Bonchev–Trinajstić information content (AvgIpc) is 2.73. The summed E-state index contributed by atoms with van der Waals surface area (Å²) in [5, 5.41) is 16.4. The first-order valence-corrected chi connectivity index (χ1v) is 6.63. The minimum atomic E-state index is -0.287. The number of pyridine rings is 1. The first-order chi connectivity index (χ1) is 9.04. The summed E-state index contributed by atoms with van der Waals surface area (Å²) >= 11 is 7.21. The normalized spacial score (nSPS) is 10.7. The van der Waals surface area contributed by atoms with E-state index < -0.39 is 0 Å². The van der Waals surface area contributed by atoms with Gasteiger partial charge in [-0.05, 0) is 31.7 Å². The molecular weight excluding hydrogens is 286 g/mol. The van der Waals surface area contributed by atoms with Crippen LogP contribution in [-0.2, 0) is 0 Å². The number of hydrogen-bond donors (Lipinski definition) is 1. The van der Waals surface area contributed by atoms with E-state index in [-0.39, 0.29) is 16.8 Å². The third-order valence-corrected chi connectivity index (χ3v) is 3.82. The molecule has 0 saturated carbocycles. The fraction of sp³-hybridized carbons (Fsp3) is 0.273. The van der Waals surface area contributed by atoms with Gasteiger partial charge in [-0.1, -0.05) is 11.6 Å². The first kappa shape index (κ1) is 13.6. The van der Waals surface area contributed by atoms with Crippen molar-refractivity contribution in [3.8, 4) is 6.07 Å². The lowest BCUT2D eigenvalue weighted by Crippen LogP contribution is -2.19. The minimum Gasteiger partial charge on any atom is -0.267 e. The van der Waals surface area contributed by atoms with Crippen molar-refractivity contribution in [1.29, 1.82) is 5.26 Å². The van der Waals surface area contributed by atoms with E-state index in [1.165, 1.54) is 16.8 Å². The van der Waals surface area contributed by atoms with Crippen molar-refractivity contribution in [2.75, 3.05) is 0 Å². The molecule has 2 heterocycles. The molecule has 0 unspecified atom stereocenters. The lowest BCUT2D eigenvalue weighted by atomic mass is 10.3. The molecule has 19 heavy (non-hydrogen) atoms. The van der Waals surface area contributed by atoms with Gasteiger partial charge in [-0.2, -0.15) is 5.26 Å². The summed E-state index contributed by atoms with van der Waals surface area (Å²) in [6.45, 7) is 3.75. The predicted octanol–water partition coefficient (Wildman–Crippen LogP) is 2.22. The molecule has 2 aromatic rings. The van der Waals surface area contributed by atoms with Gasteiger partial charge in [0.2, 0.25) is 0 Å². The number of nitrogens with zero attached hydrogens (tertiary/aromatic N) is 4. The Morgan fingerprint density at radius 2 is 2.32 bits per heavy atom. The van der Waals surface area contributed by atoms with Gasteiger partial charge in [0.25, 0.3) is 0 Å². The zero-order valence-electron chi connectivity index (χ0n) is 10.2. The number of nitrogens with one attached hydrogen (secondary N) is 1. The summed E-state index contributed by atoms with van der Waals surface area (Å²) in [5.41, 5.74) is 0.0539. The smallest absolute Gasteiger partial charge is 0.267 e. The van der Waals surface area contributed by atoms with Crippen molar-refractivity contribution >= 4 is 23.4 Å². The van der Waals surface area contributed by atoms with Crippen LogP contribution in [0.1, 0.15) is 25.5 Å². The molecule has 0 saturated heterocycles. The van der Waals surface area contributed by atoms with Crippen molar-refractivity contribution in [3.05, 3.63) is 33.3 Å². The third-order valence-electron chi connectivity index (χ3n) is 2.35. The summed E-state index contributed by atoms with van der Waals surface area (Å²) in [6, 6.07) is 3.48. The van der Waals surface area contributed by atoms with Crippen LogP contribution in [0.5, 0.6) is 0 Å². The lowest BCUT2D eigenvalue weighted by molar-refractivity contribution is 0.534. The molecule has 0 aromatic carbocycles. The molecule has 0 amide bonds. The second-order valence-electron chi connectivity index (χ2n) is 3.97. The van der Waals surface area contributed by atoms with E-state index in [4.69, 9.17) is 16.9 Å². The molecule has 98 valence electrons. The van der Waals surface area contributed by atoms with Crippen LogP contribution in [0.3, 0.4) is 0 Å². The molecule has 8 heteroatoms. The van der Waals surface area contributed by atoms with Gasteiger partial charge < -0.3 is 0 Å². The van der Waals surface area contributed by atoms with E-state index >= 15 is 0 Å². The SMILES string of the molecule is CC(C)n1c(Sc2nccc(C#N)c2Cl)n[nH]c1=O. The van der Waals surface area contributed by atoms with Crippen LogP contribution in [0.25, 0.3) is 0 Å². The highest BCUT2D eigenvalue weighted by atomic mass is 35.5. The van der Waals surface area contributed by atoms with Gasteiger partial charge in [-0.3, -0.25) is 4.57 Å². The van der Waals surface area contributed by atoms with Gasteiger partial charge in [0.05, 0.1) is 10.6 Å². The van der Waals surface area contributed by atoms with E-state index in [0.29, 0.717) is 15.7 Å². The van der Waals surface area contributed by atoms with E-state index in [0.717, 1.165) is 11.8 Å². The Morgan fingerprint density at radius 1 is 1.58 bits per heavy atom. The number of halogens is 1. The molecule has 0 fully saturated rings. The van der Waals surface area contributed by atoms with Gasteiger partial charge in [-0.15, -0.1) is 5.10 Å². The van der Waals surface area contributed by atoms with Crippen LogP contribution in [0.4, 0.5) is 0 Å².